The van der Waals surface area contributed by atoms with E-state index in [4.69, 9.17) is 9.40 Å². The predicted molar refractivity (Wildman–Crippen MR) is 169 cm³/mol. The molecule has 0 bridgehead atoms. The second kappa shape index (κ2) is 8.94. The number of anilines is 3. The molecule has 0 spiro atoms. The summed E-state index contributed by atoms with van der Waals surface area (Å²) in [5.41, 5.74) is 11.0. The maximum atomic E-state index is 6.54. The second-order valence-electron chi connectivity index (χ2n) is 11.3. The van der Waals surface area contributed by atoms with Gasteiger partial charge in [0.1, 0.15) is 5.52 Å². The third-order valence-corrected chi connectivity index (χ3v) is 8.47. The monoisotopic (exact) mass is 528 g/mol. The molecule has 1 aliphatic rings. The number of nitrogens with zero attached hydrogens (tertiary/aromatic N) is 2. The van der Waals surface area contributed by atoms with Gasteiger partial charge >= 0.3 is 0 Å². The molecule has 0 radical (unpaired) electrons. The SMILES string of the molecule is CC1(C)c2ccccc2-c2ccc(N(c3ccccc3)c3cc4ccccc4c4oc(-c5ccccc5)nc34)cc21. The molecule has 0 amide bonds. The Hall–Kier alpha value is -5.15. The summed E-state index contributed by atoms with van der Waals surface area (Å²) in [7, 11) is 0. The highest BCUT2D eigenvalue weighted by Gasteiger charge is 2.36. The van der Waals surface area contributed by atoms with Crippen LogP contribution in [-0.2, 0) is 5.41 Å². The van der Waals surface area contributed by atoms with Gasteiger partial charge < -0.3 is 9.32 Å². The van der Waals surface area contributed by atoms with E-state index in [9.17, 15) is 0 Å². The van der Waals surface area contributed by atoms with Crippen molar-refractivity contribution in [3.63, 3.8) is 0 Å². The third-order valence-electron chi connectivity index (χ3n) is 8.47. The Balaban J connectivity index is 1.41. The minimum Gasteiger partial charge on any atom is -0.435 e. The number of para-hydroxylation sites is 1. The summed E-state index contributed by atoms with van der Waals surface area (Å²) >= 11 is 0. The summed E-state index contributed by atoms with van der Waals surface area (Å²) < 4.78 is 6.54. The van der Waals surface area contributed by atoms with Gasteiger partial charge in [0.25, 0.3) is 0 Å². The fraction of sp³-hybridized carbons (Fsp3) is 0.0789. The molecule has 8 rings (SSSR count). The first kappa shape index (κ1) is 23.7. The van der Waals surface area contributed by atoms with Crippen LogP contribution in [0, 0.1) is 0 Å². The highest BCUT2D eigenvalue weighted by atomic mass is 16.3. The minimum atomic E-state index is -0.0998. The maximum absolute atomic E-state index is 6.54. The van der Waals surface area contributed by atoms with Crippen molar-refractivity contribution < 1.29 is 4.42 Å². The lowest BCUT2D eigenvalue weighted by molar-refractivity contribution is 0.623. The zero-order valence-electron chi connectivity index (χ0n) is 23.0. The third kappa shape index (κ3) is 3.63. The zero-order chi connectivity index (χ0) is 27.6. The smallest absolute Gasteiger partial charge is 0.227 e. The van der Waals surface area contributed by atoms with Gasteiger partial charge in [-0.05, 0) is 70.1 Å². The van der Waals surface area contributed by atoms with Crippen LogP contribution < -0.4 is 4.90 Å². The van der Waals surface area contributed by atoms with Gasteiger partial charge in [0.2, 0.25) is 5.89 Å². The average molecular weight is 529 g/mol. The van der Waals surface area contributed by atoms with Gasteiger partial charge in [-0.15, -0.1) is 0 Å². The second-order valence-corrected chi connectivity index (χ2v) is 11.3. The number of hydrogen-bond donors (Lipinski definition) is 0. The first-order chi connectivity index (χ1) is 20.1. The first-order valence-electron chi connectivity index (χ1n) is 14.1. The van der Waals surface area contributed by atoms with E-state index in [2.05, 4.69) is 122 Å². The molecule has 0 fully saturated rings. The van der Waals surface area contributed by atoms with E-state index in [0.29, 0.717) is 5.89 Å². The van der Waals surface area contributed by atoms with Crippen LogP contribution >= 0.6 is 0 Å². The van der Waals surface area contributed by atoms with Crippen molar-refractivity contribution in [3.05, 3.63) is 145 Å². The lowest BCUT2D eigenvalue weighted by atomic mass is 9.82. The summed E-state index contributed by atoms with van der Waals surface area (Å²) in [5, 5.41) is 2.17. The predicted octanol–water partition coefficient (Wildman–Crippen LogP) is 10.4. The molecule has 1 heterocycles. The maximum Gasteiger partial charge on any atom is 0.227 e. The molecule has 0 saturated carbocycles. The molecule has 41 heavy (non-hydrogen) atoms. The van der Waals surface area contributed by atoms with Crippen molar-refractivity contribution in [2.45, 2.75) is 19.3 Å². The van der Waals surface area contributed by atoms with Crippen molar-refractivity contribution in [3.8, 4) is 22.6 Å². The van der Waals surface area contributed by atoms with Crippen molar-refractivity contribution in [1.29, 1.82) is 0 Å². The number of rotatable bonds is 4. The topological polar surface area (TPSA) is 29.3 Å². The van der Waals surface area contributed by atoms with E-state index < -0.39 is 0 Å². The van der Waals surface area contributed by atoms with Crippen LogP contribution in [0.4, 0.5) is 17.1 Å². The number of aromatic nitrogens is 1. The number of benzene rings is 6. The quantitative estimate of drug-likeness (QED) is 0.228. The Kier molecular flexibility index (Phi) is 5.17. The summed E-state index contributed by atoms with van der Waals surface area (Å²) in [6.07, 6.45) is 0. The average Bonchev–Trinajstić information content (AvgIpc) is 3.57. The molecular formula is C38H28N2O. The molecule has 0 aliphatic heterocycles. The molecule has 0 atom stereocenters. The lowest BCUT2D eigenvalue weighted by Crippen LogP contribution is -2.16. The highest BCUT2D eigenvalue weighted by molar-refractivity contribution is 6.11. The summed E-state index contributed by atoms with van der Waals surface area (Å²) in [4.78, 5) is 7.45. The van der Waals surface area contributed by atoms with E-state index in [1.165, 1.54) is 22.3 Å². The number of oxazole rings is 1. The molecular weight excluding hydrogens is 500 g/mol. The fourth-order valence-corrected chi connectivity index (χ4v) is 6.43. The summed E-state index contributed by atoms with van der Waals surface area (Å²) in [6, 6.07) is 47.0. The van der Waals surface area contributed by atoms with Crippen LogP contribution in [0.25, 0.3) is 44.5 Å². The Morgan fingerprint density at radius 2 is 1.29 bits per heavy atom. The molecule has 0 unspecified atom stereocenters. The van der Waals surface area contributed by atoms with Gasteiger partial charge in [-0.1, -0.05) is 105 Å². The largest absolute Gasteiger partial charge is 0.435 e. The van der Waals surface area contributed by atoms with Crippen molar-refractivity contribution >= 4 is 38.9 Å². The summed E-state index contributed by atoms with van der Waals surface area (Å²) in [6.45, 7) is 4.65. The van der Waals surface area contributed by atoms with Crippen LogP contribution in [0.1, 0.15) is 25.0 Å². The van der Waals surface area contributed by atoms with Gasteiger partial charge in [0.05, 0.1) is 5.69 Å². The van der Waals surface area contributed by atoms with Crippen molar-refractivity contribution in [2.75, 3.05) is 4.90 Å². The van der Waals surface area contributed by atoms with Crippen molar-refractivity contribution in [1.82, 2.24) is 4.98 Å². The van der Waals surface area contributed by atoms with Crippen LogP contribution in [-0.4, -0.2) is 4.98 Å². The van der Waals surface area contributed by atoms with Gasteiger partial charge in [-0.3, -0.25) is 0 Å². The highest BCUT2D eigenvalue weighted by Crippen LogP contribution is 2.51. The fourth-order valence-electron chi connectivity index (χ4n) is 6.43. The molecule has 0 N–H and O–H groups in total. The molecule has 7 aromatic rings. The van der Waals surface area contributed by atoms with Crippen LogP contribution in [0.5, 0.6) is 0 Å². The van der Waals surface area contributed by atoms with E-state index in [1.54, 1.807) is 0 Å². The van der Waals surface area contributed by atoms with Gasteiger partial charge in [0.15, 0.2) is 5.58 Å². The van der Waals surface area contributed by atoms with E-state index in [1.807, 2.05) is 30.3 Å². The molecule has 0 saturated heterocycles. The number of fused-ring (bicyclic) bond motifs is 6. The standard InChI is InChI=1S/C38H28N2O/c1-38(2)32-20-12-11-19-30(32)31-22-21-28(24-33(31)38)40(27-16-7-4-8-17-27)34-23-26-15-9-10-18-29(26)36-35(34)39-37(41-36)25-13-5-3-6-14-25/h3-24H,1-2H3. The van der Waals surface area contributed by atoms with E-state index in [-0.39, 0.29) is 5.41 Å². The van der Waals surface area contributed by atoms with Gasteiger partial charge in [-0.2, -0.15) is 0 Å². The Bertz CT molecular complexity index is 2070. The van der Waals surface area contributed by atoms with Gasteiger partial charge in [0, 0.05) is 27.7 Å². The summed E-state index contributed by atoms with van der Waals surface area (Å²) in [5.74, 6) is 0.622. The van der Waals surface area contributed by atoms with E-state index in [0.717, 1.165) is 44.5 Å². The molecule has 3 nitrogen and oxygen atoms in total. The Morgan fingerprint density at radius 3 is 2.12 bits per heavy atom. The molecule has 3 heteroatoms. The van der Waals surface area contributed by atoms with Crippen molar-refractivity contribution in [2.24, 2.45) is 0 Å². The Labute approximate surface area is 239 Å². The molecule has 1 aliphatic carbocycles. The Morgan fingerprint density at radius 1 is 0.610 bits per heavy atom. The van der Waals surface area contributed by atoms with E-state index >= 15 is 0 Å². The molecule has 1 aromatic heterocycles. The molecule has 6 aromatic carbocycles. The van der Waals surface area contributed by atoms with Crippen LogP contribution in [0.3, 0.4) is 0 Å². The van der Waals surface area contributed by atoms with Crippen LogP contribution in [0.15, 0.2) is 138 Å². The lowest BCUT2D eigenvalue weighted by Gasteiger charge is -2.28. The van der Waals surface area contributed by atoms with Gasteiger partial charge in [-0.25, -0.2) is 4.98 Å². The van der Waals surface area contributed by atoms with Crippen LogP contribution in [0.2, 0.25) is 0 Å². The number of hydrogen-bond acceptors (Lipinski definition) is 3. The minimum absolute atomic E-state index is 0.0998. The molecule has 196 valence electrons. The zero-order valence-corrected chi connectivity index (χ0v) is 23.0. The normalized spacial score (nSPS) is 13.3. The first-order valence-corrected chi connectivity index (χ1v) is 14.1.